The van der Waals surface area contributed by atoms with E-state index in [-0.39, 0.29) is 17.7 Å². The Morgan fingerprint density at radius 1 is 1.37 bits per heavy atom. The highest BCUT2D eigenvalue weighted by molar-refractivity contribution is 6.00. The molecule has 0 aromatic heterocycles. The van der Waals surface area contributed by atoms with E-state index < -0.39 is 0 Å². The van der Waals surface area contributed by atoms with Gasteiger partial charge in [0.15, 0.2) is 0 Å². The Balaban J connectivity index is 1.87. The standard InChI is InChI=1S/C14H16N2O3/c17-13-8-10(9-15-13)14(18)16-6-3-7-19-12-5-2-1-4-11(12)16/h1-2,4-5,10H,3,6-9H2,(H,15,17). The molecule has 0 spiro atoms. The van der Waals surface area contributed by atoms with E-state index in [4.69, 9.17) is 4.74 Å². The molecule has 1 fully saturated rings. The molecule has 1 N–H and O–H groups in total. The monoisotopic (exact) mass is 260 g/mol. The smallest absolute Gasteiger partial charge is 0.232 e. The van der Waals surface area contributed by atoms with Crippen molar-refractivity contribution < 1.29 is 14.3 Å². The molecule has 0 aliphatic carbocycles. The highest BCUT2D eigenvalue weighted by atomic mass is 16.5. The van der Waals surface area contributed by atoms with Crippen LogP contribution in [0.1, 0.15) is 12.8 Å². The van der Waals surface area contributed by atoms with E-state index in [2.05, 4.69) is 5.32 Å². The molecule has 0 radical (unpaired) electrons. The van der Waals surface area contributed by atoms with Crippen molar-refractivity contribution in [1.29, 1.82) is 0 Å². The zero-order valence-corrected chi connectivity index (χ0v) is 10.6. The largest absolute Gasteiger partial charge is 0.491 e. The summed E-state index contributed by atoms with van der Waals surface area (Å²) in [4.78, 5) is 25.5. The van der Waals surface area contributed by atoms with Crippen LogP contribution in [0.3, 0.4) is 0 Å². The summed E-state index contributed by atoms with van der Waals surface area (Å²) < 4.78 is 5.64. The second kappa shape index (κ2) is 4.91. The van der Waals surface area contributed by atoms with Crippen LogP contribution < -0.4 is 15.0 Å². The number of amides is 2. The Labute approximate surface area is 111 Å². The van der Waals surface area contributed by atoms with Gasteiger partial charge in [-0.2, -0.15) is 0 Å². The number of nitrogens with one attached hydrogen (secondary N) is 1. The fraction of sp³-hybridized carbons (Fsp3) is 0.429. The number of para-hydroxylation sites is 2. The number of benzene rings is 1. The number of rotatable bonds is 1. The number of hydrogen-bond acceptors (Lipinski definition) is 3. The van der Waals surface area contributed by atoms with Gasteiger partial charge in [0, 0.05) is 19.5 Å². The molecule has 2 heterocycles. The quantitative estimate of drug-likeness (QED) is 0.817. The number of carbonyl (C=O) groups is 2. The molecule has 0 bridgehead atoms. The van der Waals surface area contributed by atoms with Crippen LogP contribution in [-0.2, 0) is 9.59 Å². The normalized spacial score (nSPS) is 22.2. The van der Waals surface area contributed by atoms with Gasteiger partial charge in [0.25, 0.3) is 0 Å². The van der Waals surface area contributed by atoms with Crippen molar-refractivity contribution in [3.8, 4) is 5.75 Å². The van der Waals surface area contributed by atoms with Gasteiger partial charge in [0.05, 0.1) is 18.2 Å². The third kappa shape index (κ3) is 2.28. The molecule has 3 rings (SSSR count). The average molecular weight is 260 g/mol. The van der Waals surface area contributed by atoms with Gasteiger partial charge in [-0.15, -0.1) is 0 Å². The summed E-state index contributed by atoms with van der Waals surface area (Å²) in [7, 11) is 0. The maximum absolute atomic E-state index is 12.5. The minimum Gasteiger partial charge on any atom is -0.491 e. The van der Waals surface area contributed by atoms with Gasteiger partial charge in [-0.05, 0) is 18.6 Å². The van der Waals surface area contributed by atoms with Gasteiger partial charge in [-0.25, -0.2) is 0 Å². The Morgan fingerprint density at radius 3 is 3.00 bits per heavy atom. The summed E-state index contributed by atoms with van der Waals surface area (Å²) in [5.74, 6) is 0.457. The Hall–Kier alpha value is -2.04. The lowest BCUT2D eigenvalue weighted by Crippen LogP contribution is -2.37. The minimum absolute atomic E-state index is 0.0105. The van der Waals surface area contributed by atoms with E-state index in [0.717, 1.165) is 17.9 Å². The SMILES string of the molecule is O=C1CC(C(=O)N2CCCOc3ccccc32)CN1. The van der Waals surface area contributed by atoms with E-state index >= 15 is 0 Å². The Morgan fingerprint density at radius 2 is 2.21 bits per heavy atom. The summed E-state index contributed by atoms with van der Waals surface area (Å²) in [5.41, 5.74) is 0.810. The molecule has 0 saturated carbocycles. The number of anilines is 1. The fourth-order valence-corrected chi connectivity index (χ4v) is 2.56. The zero-order chi connectivity index (χ0) is 13.2. The van der Waals surface area contributed by atoms with Crippen LogP contribution in [0.5, 0.6) is 5.75 Å². The molecule has 2 aliphatic rings. The second-order valence-corrected chi connectivity index (χ2v) is 4.86. The topological polar surface area (TPSA) is 58.6 Å². The molecule has 1 aromatic rings. The number of nitrogens with zero attached hydrogens (tertiary/aromatic N) is 1. The van der Waals surface area contributed by atoms with Gasteiger partial charge in [0.2, 0.25) is 11.8 Å². The van der Waals surface area contributed by atoms with Crippen molar-refractivity contribution >= 4 is 17.5 Å². The summed E-state index contributed by atoms with van der Waals surface area (Å²) in [6.45, 7) is 1.69. The summed E-state index contributed by atoms with van der Waals surface area (Å²) in [6.07, 6.45) is 1.09. The lowest BCUT2D eigenvalue weighted by Gasteiger charge is -2.24. The first-order chi connectivity index (χ1) is 9.25. The summed E-state index contributed by atoms with van der Waals surface area (Å²) >= 11 is 0. The van der Waals surface area contributed by atoms with Crippen molar-refractivity contribution in [2.45, 2.75) is 12.8 Å². The number of hydrogen-bond donors (Lipinski definition) is 1. The van der Waals surface area contributed by atoms with Gasteiger partial charge >= 0.3 is 0 Å². The molecule has 5 nitrogen and oxygen atoms in total. The first kappa shape index (κ1) is 12.0. The van der Waals surface area contributed by atoms with E-state index in [1.807, 2.05) is 24.3 Å². The van der Waals surface area contributed by atoms with E-state index in [1.165, 1.54) is 0 Å². The van der Waals surface area contributed by atoms with Crippen LogP contribution in [0.4, 0.5) is 5.69 Å². The lowest BCUT2D eigenvalue weighted by molar-refractivity contribution is -0.124. The van der Waals surface area contributed by atoms with Crippen LogP contribution >= 0.6 is 0 Å². The molecular formula is C14H16N2O3. The molecule has 1 aromatic carbocycles. The predicted molar refractivity (Wildman–Crippen MR) is 70.0 cm³/mol. The maximum Gasteiger partial charge on any atom is 0.232 e. The first-order valence-corrected chi connectivity index (χ1v) is 6.55. The number of fused-ring (bicyclic) bond motifs is 1. The van der Waals surface area contributed by atoms with Crippen LogP contribution in [-0.4, -0.2) is 31.5 Å². The highest BCUT2D eigenvalue weighted by Gasteiger charge is 2.33. The van der Waals surface area contributed by atoms with Gasteiger partial charge in [-0.1, -0.05) is 12.1 Å². The summed E-state index contributed by atoms with van der Waals surface area (Å²) in [6, 6.07) is 7.56. The molecule has 19 heavy (non-hydrogen) atoms. The molecular weight excluding hydrogens is 244 g/mol. The minimum atomic E-state index is -0.251. The van der Waals surface area contributed by atoms with Crippen LogP contribution in [0.2, 0.25) is 0 Å². The Bertz CT molecular complexity index is 515. The van der Waals surface area contributed by atoms with Crippen LogP contribution in [0.15, 0.2) is 24.3 Å². The number of ether oxygens (including phenoxy) is 1. The molecule has 1 saturated heterocycles. The Kier molecular flexibility index (Phi) is 3.11. The molecule has 100 valence electrons. The maximum atomic E-state index is 12.5. The fourth-order valence-electron chi connectivity index (χ4n) is 2.56. The van der Waals surface area contributed by atoms with E-state index in [9.17, 15) is 9.59 Å². The molecule has 2 aliphatic heterocycles. The predicted octanol–water partition coefficient (Wildman–Crippen LogP) is 0.938. The van der Waals surface area contributed by atoms with E-state index in [1.54, 1.807) is 4.90 Å². The van der Waals surface area contributed by atoms with Crippen molar-refractivity contribution in [3.63, 3.8) is 0 Å². The molecule has 2 amide bonds. The zero-order valence-electron chi connectivity index (χ0n) is 10.6. The summed E-state index contributed by atoms with van der Waals surface area (Å²) in [5, 5.41) is 2.71. The molecule has 5 heteroatoms. The van der Waals surface area contributed by atoms with Gasteiger partial charge < -0.3 is 15.0 Å². The molecule has 1 unspecified atom stereocenters. The van der Waals surface area contributed by atoms with Crippen molar-refractivity contribution in [1.82, 2.24) is 5.32 Å². The van der Waals surface area contributed by atoms with E-state index in [0.29, 0.717) is 26.1 Å². The van der Waals surface area contributed by atoms with Gasteiger partial charge in [0.1, 0.15) is 5.75 Å². The lowest BCUT2D eigenvalue weighted by atomic mass is 10.1. The third-order valence-electron chi connectivity index (χ3n) is 3.53. The van der Waals surface area contributed by atoms with Crippen molar-refractivity contribution in [2.24, 2.45) is 5.92 Å². The van der Waals surface area contributed by atoms with Crippen molar-refractivity contribution in [3.05, 3.63) is 24.3 Å². The molecule has 1 atom stereocenters. The average Bonchev–Trinajstić information content (AvgIpc) is 2.74. The third-order valence-corrected chi connectivity index (χ3v) is 3.53. The number of carbonyl (C=O) groups excluding carboxylic acids is 2. The first-order valence-electron chi connectivity index (χ1n) is 6.55. The van der Waals surface area contributed by atoms with Gasteiger partial charge in [-0.3, -0.25) is 9.59 Å². The van der Waals surface area contributed by atoms with Crippen LogP contribution in [0.25, 0.3) is 0 Å². The van der Waals surface area contributed by atoms with Crippen LogP contribution in [0, 0.1) is 5.92 Å². The highest BCUT2D eigenvalue weighted by Crippen LogP contribution is 2.32. The van der Waals surface area contributed by atoms with Crippen molar-refractivity contribution in [2.75, 3.05) is 24.6 Å². The second-order valence-electron chi connectivity index (χ2n) is 4.86.